The van der Waals surface area contributed by atoms with Crippen molar-refractivity contribution in [2.75, 3.05) is 19.6 Å². The van der Waals surface area contributed by atoms with E-state index < -0.39 is 6.10 Å². The molecule has 0 spiro atoms. The summed E-state index contributed by atoms with van der Waals surface area (Å²) in [5, 5.41) is 15.8. The van der Waals surface area contributed by atoms with Crippen molar-refractivity contribution in [3.8, 4) is 0 Å². The van der Waals surface area contributed by atoms with Gasteiger partial charge in [-0.25, -0.2) is 0 Å². The fourth-order valence-corrected chi connectivity index (χ4v) is 6.10. The van der Waals surface area contributed by atoms with Crippen molar-refractivity contribution in [3.05, 3.63) is 90.6 Å². The van der Waals surface area contributed by atoms with Crippen molar-refractivity contribution in [1.82, 2.24) is 10.3 Å². The molecule has 3 aromatic rings. The predicted molar refractivity (Wildman–Crippen MR) is 130 cm³/mol. The maximum absolute atomic E-state index is 13.1. The van der Waals surface area contributed by atoms with Gasteiger partial charge in [0.25, 0.3) is 5.91 Å². The molecule has 3 fully saturated rings. The molecule has 1 aromatic heterocycles. The van der Waals surface area contributed by atoms with Crippen LogP contribution in [0.25, 0.3) is 10.9 Å². The smallest absolute Gasteiger partial charge is 0.275 e. The van der Waals surface area contributed by atoms with Crippen molar-refractivity contribution in [3.63, 3.8) is 0 Å². The number of para-hydroxylation sites is 1. The molecule has 2 aromatic carbocycles. The number of halogens is 1. The van der Waals surface area contributed by atoms with Gasteiger partial charge in [0.05, 0.1) is 18.6 Å². The average molecular weight is 522 g/mol. The highest BCUT2D eigenvalue weighted by Gasteiger charge is 2.54. The third-order valence-electron chi connectivity index (χ3n) is 7.83. The zero-order valence-corrected chi connectivity index (χ0v) is 20.9. The van der Waals surface area contributed by atoms with Crippen molar-refractivity contribution in [2.45, 2.75) is 31.5 Å². The van der Waals surface area contributed by atoms with Gasteiger partial charge in [0.1, 0.15) is 12.1 Å². The zero-order chi connectivity index (χ0) is 22.8. The van der Waals surface area contributed by atoms with Crippen LogP contribution in [0.4, 0.5) is 0 Å². The molecule has 4 unspecified atom stereocenters. The number of nitrogens with zero attached hydrogens (tertiary/aromatic N) is 2. The van der Waals surface area contributed by atoms with Crippen LogP contribution in [0.1, 0.15) is 30.1 Å². The lowest BCUT2D eigenvalue weighted by Gasteiger charge is -2.57. The van der Waals surface area contributed by atoms with Gasteiger partial charge in [-0.15, -0.1) is 6.58 Å². The summed E-state index contributed by atoms with van der Waals surface area (Å²) >= 11 is 0. The monoisotopic (exact) mass is 521 g/mol. The molecular weight excluding hydrogens is 490 g/mol. The molecule has 3 aliphatic heterocycles. The van der Waals surface area contributed by atoms with Crippen LogP contribution in [0, 0.1) is 11.8 Å². The number of fused-ring (bicyclic) bond motifs is 4. The molecule has 0 aliphatic carbocycles. The van der Waals surface area contributed by atoms with E-state index in [2.05, 4.69) is 23.0 Å². The largest absolute Gasteiger partial charge is 1.00 e. The first-order valence-corrected chi connectivity index (χ1v) is 11.9. The maximum Gasteiger partial charge on any atom is 0.275 e. The highest BCUT2D eigenvalue weighted by molar-refractivity contribution is 5.82. The second-order valence-electron chi connectivity index (χ2n) is 9.66. The van der Waals surface area contributed by atoms with Crippen LogP contribution < -0.4 is 22.3 Å². The minimum absolute atomic E-state index is 0. The van der Waals surface area contributed by atoms with Gasteiger partial charge in [0, 0.05) is 36.9 Å². The van der Waals surface area contributed by atoms with E-state index in [1.165, 1.54) is 0 Å². The molecule has 178 valence electrons. The third kappa shape index (κ3) is 4.67. The van der Waals surface area contributed by atoms with E-state index >= 15 is 0 Å². The fourth-order valence-electron chi connectivity index (χ4n) is 6.10. The Kier molecular flexibility index (Phi) is 7.51. The van der Waals surface area contributed by atoms with E-state index in [1.54, 1.807) is 6.20 Å². The van der Waals surface area contributed by atoms with E-state index in [0.717, 1.165) is 48.0 Å². The van der Waals surface area contributed by atoms with Crippen molar-refractivity contribution in [2.24, 2.45) is 11.8 Å². The maximum atomic E-state index is 13.1. The number of aliphatic hydroxyl groups excluding tert-OH is 1. The molecule has 5 nitrogen and oxygen atoms in total. The van der Waals surface area contributed by atoms with E-state index in [4.69, 9.17) is 0 Å². The summed E-state index contributed by atoms with van der Waals surface area (Å²) < 4.78 is 0.617. The highest BCUT2D eigenvalue weighted by Crippen LogP contribution is 2.46. The first-order chi connectivity index (χ1) is 16.1. The van der Waals surface area contributed by atoms with Crippen LogP contribution in [0.2, 0.25) is 0 Å². The normalized spacial score (nSPS) is 26.4. The number of piperidine rings is 3. The molecule has 2 bridgehead atoms. The molecule has 2 N–H and O–H groups in total. The van der Waals surface area contributed by atoms with Crippen LogP contribution in [0.3, 0.4) is 0 Å². The number of rotatable bonds is 7. The predicted octanol–water partition coefficient (Wildman–Crippen LogP) is 1.000. The lowest BCUT2D eigenvalue weighted by Crippen LogP contribution is -3.00. The average Bonchev–Trinajstić information content (AvgIpc) is 2.87. The van der Waals surface area contributed by atoms with Gasteiger partial charge in [-0.1, -0.05) is 54.6 Å². The number of hydrogen-bond donors (Lipinski definition) is 2. The third-order valence-corrected chi connectivity index (χ3v) is 7.83. The van der Waals surface area contributed by atoms with Gasteiger partial charge in [0.15, 0.2) is 6.54 Å². The molecule has 1 amide bonds. The Morgan fingerprint density at radius 3 is 2.74 bits per heavy atom. The van der Waals surface area contributed by atoms with Gasteiger partial charge >= 0.3 is 0 Å². The van der Waals surface area contributed by atoms with Crippen molar-refractivity contribution < 1.29 is 31.4 Å². The lowest BCUT2D eigenvalue weighted by molar-refractivity contribution is -0.966. The van der Waals surface area contributed by atoms with Crippen LogP contribution in [0.5, 0.6) is 0 Å². The van der Waals surface area contributed by atoms with Crippen LogP contribution in [-0.2, 0) is 11.3 Å². The van der Waals surface area contributed by atoms with Gasteiger partial charge in [-0.3, -0.25) is 9.78 Å². The Morgan fingerprint density at radius 2 is 1.94 bits per heavy atom. The van der Waals surface area contributed by atoms with Crippen molar-refractivity contribution >= 4 is 16.8 Å². The molecule has 6 rings (SSSR count). The summed E-state index contributed by atoms with van der Waals surface area (Å²) in [5.41, 5.74) is 2.89. The summed E-state index contributed by atoms with van der Waals surface area (Å²) in [6.45, 7) is 6.76. The summed E-state index contributed by atoms with van der Waals surface area (Å²) in [5.74, 6) is 0.944. The first kappa shape index (κ1) is 24.6. The number of nitrogens with one attached hydrogen (secondary N) is 1. The lowest BCUT2D eigenvalue weighted by atomic mass is 9.71. The number of carbonyl (C=O) groups is 1. The van der Waals surface area contributed by atoms with Gasteiger partial charge in [-0.2, -0.15) is 0 Å². The van der Waals surface area contributed by atoms with Crippen LogP contribution in [-0.4, -0.2) is 46.2 Å². The highest BCUT2D eigenvalue weighted by atomic mass is 79.9. The van der Waals surface area contributed by atoms with Crippen LogP contribution >= 0.6 is 0 Å². The topological polar surface area (TPSA) is 62.2 Å². The van der Waals surface area contributed by atoms with E-state index in [1.807, 2.05) is 60.7 Å². The van der Waals surface area contributed by atoms with E-state index in [-0.39, 0.29) is 28.9 Å². The number of aliphatic hydroxyl groups is 1. The molecule has 3 aliphatic rings. The van der Waals surface area contributed by atoms with Crippen LogP contribution in [0.15, 0.2) is 79.5 Å². The Bertz CT molecular complexity index is 1150. The number of benzene rings is 2. The molecular formula is C28H32BrN3O2. The first-order valence-electron chi connectivity index (χ1n) is 11.9. The number of quaternary nitrogens is 1. The van der Waals surface area contributed by atoms with Gasteiger partial charge in [-0.05, 0) is 29.2 Å². The number of amides is 1. The molecule has 0 saturated carbocycles. The van der Waals surface area contributed by atoms with E-state index in [0.29, 0.717) is 29.4 Å². The standard InChI is InChI=1S/C28H31N3O2.BrH/c1-2-21-18-31(19-27(32)30-17-20-8-4-3-5-9-20)15-13-22(21)16-26(31)28(33)24-12-14-29-25-11-7-6-10-23(24)25;/h2-12,14,21-22,26,28,33H,1,13,15-19H2;1H/t21?,22?,26?,28?,31-;/m0./s1. The molecule has 3 saturated heterocycles. The Labute approximate surface area is 211 Å². The molecule has 0 radical (unpaired) electrons. The molecule has 6 heteroatoms. The van der Waals surface area contributed by atoms with E-state index in [9.17, 15) is 9.90 Å². The number of aromatic nitrogens is 1. The SMILES string of the molecule is C=CC1C[N@+]2(CC(=O)NCc3ccccc3)CCC1CC2C(O)c1ccnc2ccccc12.[Br-]. The van der Waals surface area contributed by atoms with Gasteiger partial charge in [0.2, 0.25) is 0 Å². The summed E-state index contributed by atoms with van der Waals surface area (Å²) in [7, 11) is 0. The second-order valence-corrected chi connectivity index (χ2v) is 9.66. The Hall–Kier alpha value is -2.54. The summed E-state index contributed by atoms with van der Waals surface area (Å²) in [4.78, 5) is 17.6. The zero-order valence-electron chi connectivity index (χ0n) is 19.3. The minimum atomic E-state index is -0.645. The fraction of sp³-hybridized carbons (Fsp3) is 0.357. The van der Waals surface area contributed by atoms with Gasteiger partial charge < -0.3 is 31.9 Å². The molecule has 34 heavy (non-hydrogen) atoms. The second kappa shape index (κ2) is 10.4. The Balaban J connectivity index is 0.00000274. The Morgan fingerprint density at radius 1 is 1.18 bits per heavy atom. The number of carbonyl (C=O) groups excluding carboxylic acids is 1. The summed E-state index contributed by atoms with van der Waals surface area (Å²) in [6.07, 6.45) is 5.17. The summed E-state index contributed by atoms with van der Waals surface area (Å²) in [6, 6.07) is 19.9. The number of hydrogen-bond acceptors (Lipinski definition) is 3. The minimum Gasteiger partial charge on any atom is -1.00 e. The number of pyridine rings is 1. The van der Waals surface area contributed by atoms with Crippen molar-refractivity contribution in [1.29, 1.82) is 0 Å². The molecule has 4 heterocycles. The molecule has 5 atom stereocenters. The quantitative estimate of drug-likeness (QED) is 0.360.